The average Bonchev–Trinajstić information content (AvgIpc) is 2.88. The Balaban J connectivity index is 1.96. The van der Waals surface area contributed by atoms with Crippen LogP contribution >= 0.6 is 0 Å². The van der Waals surface area contributed by atoms with E-state index in [1.54, 1.807) is 0 Å². The van der Waals surface area contributed by atoms with Gasteiger partial charge < -0.3 is 48.3 Å². The molecule has 4 N–H and O–H groups in total. The van der Waals surface area contributed by atoms with Crippen LogP contribution in [0.25, 0.3) is 0 Å². The second kappa shape index (κ2) is 16.8. The minimum Gasteiger partial charge on any atom is -0.364 e. The van der Waals surface area contributed by atoms with E-state index in [2.05, 4.69) is 0 Å². The number of hydrogen-bond acceptors (Lipinski definition) is 8. The van der Waals surface area contributed by atoms with E-state index in [0.717, 1.165) is 51.4 Å². The fourth-order valence-corrected chi connectivity index (χ4v) is 7.86. The zero-order valence-electron chi connectivity index (χ0n) is 28.1. The molecule has 0 aromatic carbocycles. The largest absolute Gasteiger partial charge is 0.364 e. The van der Waals surface area contributed by atoms with E-state index in [0.29, 0.717) is 73.4 Å². The molecule has 4 unspecified atom stereocenters. The van der Waals surface area contributed by atoms with Crippen molar-refractivity contribution < 1.29 is 48.3 Å². The number of quaternary nitrogens is 2. The summed E-state index contributed by atoms with van der Waals surface area (Å²) >= 11 is 0. The molecule has 250 valence electrons. The van der Waals surface area contributed by atoms with Crippen molar-refractivity contribution in [3.63, 3.8) is 0 Å². The Bertz CT molecular complexity index is 693. The van der Waals surface area contributed by atoms with E-state index in [1.165, 1.54) is 0 Å². The molecule has 4 atom stereocenters. The molecule has 0 amide bonds. The van der Waals surface area contributed by atoms with E-state index in [9.17, 15) is 20.4 Å². The van der Waals surface area contributed by atoms with Gasteiger partial charge in [0.05, 0.1) is 28.2 Å². The number of nitrogens with zero attached hydrogens (tertiary/aromatic N) is 2. The van der Waals surface area contributed by atoms with Gasteiger partial charge in [-0.05, 0) is 90.9 Å². The first-order chi connectivity index (χ1) is 19.6. The van der Waals surface area contributed by atoms with Crippen molar-refractivity contribution in [1.82, 2.24) is 0 Å². The van der Waals surface area contributed by atoms with Crippen molar-refractivity contribution in [1.29, 1.82) is 0 Å². The minimum absolute atomic E-state index is 0.0572. The summed E-state index contributed by atoms with van der Waals surface area (Å²) in [4.78, 5) is 0. The van der Waals surface area contributed by atoms with Crippen LogP contribution in [0, 0.1) is 23.7 Å². The zero-order chi connectivity index (χ0) is 31.6. The molecular weight excluding hydrogens is 540 g/mol. The lowest BCUT2D eigenvalue weighted by atomic mass is 9.67. The van der Waals surface area contributed by atoms with Gasteiger partial charge in [0.15, 0.2) is 0 Å². The molecule has 10 nitrogen and oxygen atoms in total. The lowest BCUT2D eigenvalue weighted by Crippen LogP contribution is -2.59. The molecule has 2 fully saturated rings. The first-order valence-electron chi connectivity index (χ1n) is 16.6. The fourth-order valence-electron chi connectivity index (χ4n) is 7.86. The average molecular weight is 607 g/mol. The number of rotatable bonds is 19. The molecule has 10 heteroatoms. The van der Waals surface area contributed by atoms with E-state index < -0.39 is 24.2 Å². The van der Waals surface area contributed by atoms with E-state index in [-0.39, 0.29) is 11.8 Å². The molecule has 0 heterocycles. The SMILES string of the molecule is CCOC(O)C[N+](C)(C)CC(O)(OCC)C1CCC(C2CCC(C(O)(C[N+](C)(C)CC(O)OCC)OCC)CC2)CC1. The monoisotopic (exact) mass is 606 g/mol. The van der Waals surface area contributed by atoms with Crippen LogP contribution in [-0.2, 0) is 18.9 Å². The highest BCUT2D eigenvalue weighted by Crippen LogP contribution is 2.46. The molecule has 0 bridgehead atoms. The second-order valence-corrected chi connectivity index (χ2v) is 14.2. The summed E-state index contributed by atoms with van der Waals surface area (Å²) in [5, 5.41) is 43.9. The highest BCUT2D eigenvalue weighted by atomic mass is 16.6. The van der Waals surface area contributed by atoms with Crippen LogP contribution in [0.15, 0.2) is 0 Å². The van der Waals surface area contributed by atoms with Crippen molar-refractivity contribution >= 4 is 0 Å². The van der Waals surface area contributed by atoms with Crippen LogP contribution in [0.2, 0.25) is 0 Å². The van der Waals surface area contributed by atoms with Crippen LogP contribution in [0.3, 0.4) is 0 Å². The van der Waals surface area contributed by atoms with Gasteiger partial charge in [0, 0.05) is 38.3 Å². The minimum atomic E-state index is -1.23. The molecule has 2 saturated carbocycles. The van der Waals surface area contributed by atoms with Gasteiger partial charge in [0.1, 0.15) is 26.2 Å². The van der Waals surface area contributed by atoms with E-state index in [4.69, 9.17) is 18.9 Å². The third-order valence-electron chi connectivity index (χ3n) is 9.60. The van der Waals surface area contributed by atoms with Gasteiger partial charge in [0.2, 0.25) is 24.2 Å². The van der Waals surface area contributed by atoms with Crippen molar-refractivity contribution in [2.45, 2.75) is 103 Å². The van der Waals surface area contributed by atoms with E-state index in [1.807, 2.05) is 55.9 Å². The summed E-state index contributed by atoms with van der Waals surface area (Å²) in [7, 11) is 8.00. The Morgan fingerprint density at radius 3 is 1.14 bits per heavy atom. The number of ether oxygens (including phenoxy) is 4. The zero-order valence-corrected chi connectivity index (χ0v) is 28.1. The Kier molecular flexibility index (Phi) is 15.1. The normalized spacial score (nSPS) is 28.6. The molecular formula is C32H66N2O8+2. The van der Waals surface area contributed by atoms with E-state index >= 15 is 0 Å². The number of aliphatic hydroxyl groups excluding tert-OH is 2. The first kappa shape index (κ1) is 37.8. The number of likely N-dealkylation sites (N-methyl/N-ethyl adjacent to an activating group) is 2. The van der Waals surface area contributed by atoms with Gasteiger partial charge in [0.25, 0.3) is 0 Å². The maximum atomic E-state index is 11.7. The quantitative estimate of drug-likeness (QED) is 0.131. The summed E-state index contributed by atoms with van der Waals surface area (Å²) in [6.07, 6.45) is 6.23. The number of aliphatic hydroxyl groups is 4. The molecule has 0 spiro atoms. The summed E-state index contributed by atoms with van der Waals surface area (Å²) in [5.41, 5.74) is 0. The second-order valence-electron chi connectivity index (χ2n) is 14.2. The maximum Gasteiger partial charge on any atom is 0.219 e. The van der Waals surface area contributed by atoms with Crippen LogP contribution in [0.4, 0.5) is 0 Å². The van der Waals surface area contributed by atoms with Crippen LogP contribution in [0.1, 0.15) is 79.1 Å². The molecule has 2 aliphatic rings. The van der Waals surface area contributed by atoms with Gasteiger partial charge in [-0.15, -0.1) is 0 Å². The van der Waals surface area contributed by atoms with Gasteiger partial charge in [-0.1, -0.05) is 0 Å². The highest BCUT2D eigenvalue weighted by molar-refractivity contribution is 4.90. The summed E-state index contributed by atoms with van der Waals surface area (Å²) in [6.45, 7) is 10.9. The molecule has 2 rings (SSSR count). The topological polar surface area (TPSA) is 118 Å². The van der Waals surface area contributed by atoms with Crippen LogP contribution < -0.4 is 0 Å². The molecule has 0 saturated heterocycles. The Hall–Kier alpha value is -0.400. The van der Waals surface area contributed by atoms with Crippen LogP contribution in [-0.4, -0.2) is 134 Å². The summed E-state index contributed by atoms with van der Waals surface area (Å²) in [6, 6.07) is 0. The molecule has 0 aromatic rings. The first-order valence-corrected chi connectivity index (χ1v) is 16.6. The highest BCUT2D eigenvalue weighted by Gasteiger charge is 2.48. The van der Waals surface area contributed by atoms with Crippen molar-refractivity contribution in [3.05, 3.63) is 0 Å². The third-order valence-corrected chi connectivity index (χ3v) is 9.60. The Morgan fingerprint density at radius 1 is 0.571 bits per heavy atom. The predicted molar refractivity (Wildman–Crippen MR) is 163 cm³/mol. The van der Waals surface area contributed by atoms with Gasteiger partial charge in [-0.2, -0.15) is 0 Å². The lowest BCUT2D eigenvalue weighted by Gasteiger charge is -2.47. The number of hydrogen-bond donors (Lipinski definition) is 4. The molecule has 0 radical (unpaired) electrons. The molecule has 0 aliphatic heterocycles. The summed E-state index contributed by atoms with van der Waals surface area (Å²) < 4.78 is 23.6. The van der Waals surface area contributed by atoms with Crippen molar-refractivity contribution in [3.8, 4) is 0 Å². The lowest BCUT2D eigenvalue weighted by molar-refractivity contribution is -0.906. The molecule has 2 aliphatic carbocycles. The van der Waals surface area contributed by atoms with Crippen molar-refractivity contribution in [2.24, 2.45) is 23.7 Å². The Morgan fingerprint density at radius 2 is 0.881 bits per heavy atom. The van der Waals surface area contributed by atoms with Crippen molar-refractivity contribution in [2.75, 3.05) is 80.8 Å². The van der Waals surface area contributed by atoms with Gasteiger partial charge in [-0.3, -0.25) is 0 Å². The predicted octanol–water partition coefficient (Wildman–Crippen LogP) is 2.91. The van der Waals surface area contributed by atoms with Gasteiger partial charge >= 0.3 is 0 Å². The maximum absolute atomic E-state index is 11.7. The third kappa shape index (κ3) is 11.5. The molecule has 42 heavy (non-hydrogen) atoms. The standard InChI is InChI=1S/C32H66N2O8/c1-9-39-29(35)21-33(5,6)23-31(37,41-11-3)27-17-13-25(14-18-27)26-15-19-28(20-16-26)32(38,42-12-4)24-34(7,8)22-30(36)40-10-2/h25-30,35-38H,9-24H2,1-8H3/q+2. The summed E-state index contributed by atoms with van der Waals surface area (Å²) in [5.74, 6) is -1.12. The smallest absolute Gasteiger partial charge is 0.219 e. The fraction of sp³-hybridized carbons (Fsp3) is 1.00. The van der Waals surface area contributed by atoms with Gasteiger partial charge in [-0.25, -0.2) is 0 Å². The Labute approximate surface area is 256 Å². The molecule has 0 aromatic heterocycles. The van der Waals surface area contributed by atoms with Crippen LogP contribution in [0.5, 0.6) is 0 Å².